The SMILES string of the molecule is C=C[C@@H](CC(=O)/C=C/c1ccccc1)c1ccccc1. The summed E-state index contributed by atoms with van der Waals surface area (Å²) in [6.45, 7) is 3.83. The minimum Gasteiger partial charge on any atom is -0.295 e. The fraction of sp³-hybridized carbons (Fsp3) is 0.105. The molecule has 0 aliphatic carbocycles. The van der Waals surface area contributed by atoms with Crippen molar-refractivity contribution in [2.45, 2.75) is 12.3 Å². The summed E-state index contributed by atoms with van der Waals surface area (Å²) in [5.74, 6) is 0.187. The Morgan fingerprint density at radius 2 is 1.60 bits per heavy atom. The van der Waals surface area contributed by atoms with Gasteiger partial charge >= 0.3 is 0 Å². The van der Waals surface area contributed by atoms with Crippen molar-refractivity contribution in [1.82, 2.24) is 0 Å². The van der Waals surface area contributed by atoms with Crippen LogP contribution in [-0.4, -0.2) is 5.78 Å². The van der Waals surface area contributed by atoms with Crippen molar-refractivity contribution in [2.24, 2.45) is 0 Å². The molecule has 1 nitrogen and oxygen atoms in total. The highest BCUT2D eigenvalue weighted by Crippen LogP contribution is 2.21. The van der Waals surface area contributed by atoms with Gasteiger partial charge in [-0.05, 0) is 17.2 Å². The average molecular weight is 262 g/mol. The zero-order valence-electron chi connectivity index (χ0n) is 11.4. The number of rotatable bonds is 6. The Hall–Kier alpha value is -2.41. The van der Waals surface area contributed by atoms with E-state index in [1.165, 1.54) is 0 Å². The smallest absolute Gasteiger partial charge is 0.156 e. The van der Waals surface area contributed by atoms with E-state index in [9.17, 15) is 4.79 Å². The van der Waals surface area contributed by atoms with Gasteiger partial charge in [-0.15, -0.1) is 6.58 Å². The lowest BCUT2D eigenvalue weighted by Gasteiger charge is -2.10. The van der Waals surface area contributed by atoms with Crippen LogP contribution < -0.4 is 0 Å². The Kier molecular flexibility index (Phi) is 5.08. The largest absolute Gasteiger partial charge is 0.295 e. The van der Waals surface area contributed by atoms with Crippen molar-refractivity contribution in [3.8, 4) is 0 Å². The molecule has 0 radical (unpaired) electrons. The molecule has 2 rings (SSSR count). The van der Waals surface area contributed by atoms with Crippen molar-refractivity contribution in [2.75, 3.05) is 0 Å². The van der Waals surface area contributed by atoms with Crippen LogP contribution in [0.3, 0.4) is 0 Å². The highest BCUT2D eigenvalue weighted by molar-refractivity contribution is 5.94. The molecule has 0 amide bonds. The van der Waals surface area contributed by atoms with E-state index in [0.29, 0.717) is 6.42 Å². The minimum atomic E-state index is 0.0733. The number of allylic oxidation sites excluding steroid dienone is 2. The molecule has 0 heterocycles. The summed E-state index contributed by atoms with van der Waals surface area (Å²) < 4.78 is 0. The van der Waals surface area contributed by atoms with Crippen LogP contribution in [0, 0.1) is 0 Å². The second kappa shape index (κ2) is 7.25. The molecular weight excluding hydrogens is 244 g/mol. The fourth-order valence-corrected chi connectivity index (χ4v) is 2.08. The second-order valence-electron chi connectivity index (χ2n) is 4.67. The number of carbonyl (C=O) groups is 1. The maximum atomic E-state index is 12.0. The summed E-state index contributed by atoms with van der Waals surface area (Å²) in [6.07, 6.45) is 5.79. The number of carbonyl (C=O) groups excluding carboxylic acids is 1. The monoisotopic (exact) mass is 262 g/mol. The van der Waals surface area contributed by atoms with Crippen LogP contribution in [0.15, 0.2) is 79.4 Å². The topological polar surface area (TPSA) is 17.1 Å². The van der Waals surface area contributed by atoms with Crippen molar-refractivity contribution in [3.63, 3.8) is 0 Å². The second-order valence-corrected chi connectivity index (χ2v) is 4.67. The van der Waals surface area contributed by atoms with Gasteiger partial charge in [0.2, 0.25) is 0 Å². The summed E-state index contributed by atoms with van der Waals surface area (Å²) >= 11 is 0. The van der Waals surface area contributed by atoms with Crippen LogP contribution in [-0.2, 0) is 4.79 Å². The van der Waals surface area contributed by atoms with Crippen LogP contribution in [0.5, 0.6) is 0 Å². The minimum absolute atomic E-state index is 0.0733. The van der Waals surface area contributed by atoms with Crippen LogP contribution in [0.2, 0.25) is 0 Å². The van der Waals surface area contributed by atoms with Gasteiger partial charge in [0, 0.05) is 12.3 Å². The first-order chi connectivity index (χ1) is 9.79. The normalized spacial score (nSPS) is 12.2. The predicted octanol–water partition coefficient (Wildman–Crippen LogP) is 4.63. The average Bonchev–Trinajstić information content (AvgIpc) is 2.52. The molecular formula is C19H18O. The van der Waals surface area contributed by atoms with Crippen molar-refractivity contribution >= 4 is 11.9 Å². The third-order valence-electron chi connectivity index (χ3n) is 3.19. The summed E-state index contributed by atoms with van der Waals surface area (Å²) in [5, 5.41) is 0. The molecule has 0 aliphatic rings. The molecule has 0 spiro atoms. The molecule has 1 heteroatoms. The van der Waals surface area contributed by atoms with E-state index in [4.69, 9.17) is 0 Å². The lowest BCUT2D eigenvalue weighted by Crippen LogP contribution is -2.02. The Labute approximate surface area is 120 Å². The first-order valence-electron chi connectivity index (χ1n) is 6.73. The van der Waals surface area contributed by atoms with Gasteiger partial charge in [-0.25, -0.2) is 0 Å². The van der Waals surface area contributed by atoms with E-state index in [1.807, 2.05) is 72.8 Å². The molecule has 0 bridgehead atoms. The summed E-state index contributed by atoms with van der Waals surface area (Å²) in [7, 11) is 0. The van der Waals surface area contributed by atoms with E-state index < -0.39 is 0 Å². The van der Waals surface area contributed by atoms with Crippen molar-refractivity contribution < 1.29 is 4.79 Å². The van der Waals surface area contributed by atoms with Crippen LogP contribution in [0.25, 0.3) is 6.08 Å². The van der Waals surface area contributed by atoms with Crippen LogP contribution >= 0.6 is 0 Å². The molecule has 20 heavy (non-hydrogen) atoms. The molecule has 0 aromatic heterocycles. The summed E-state index contributed by atoms with van der Waals surface area (Å²) in [5.41, 5.74) is 2.17. The van der Waals surface area contributed by atoms with E-state index >= 15 is 0 Å². The Morgan fingerprint density at radius 3 is 2.20 bits per heavy atom. The zero-order valence-corrected chi connectivity index (χ0v) is 11.4. The summed E-state index contributed by atoms with van der Waals surface area (Å²) in [4.78, 5) is 12.0. The number of ketones is 1. The maximum absolute atomic E-state index is 12.0. The molecule has 0 fully saturated rings. The molecule has 2 aromatic carbocycles. The van der Waals surface area contributed by atoms with E-state index in [0.717, 1.165) is 11.1 Å². The van der Waals surface area contributed by atoms with Crippen LogP contribution in [0.1, 0.15) is 23.5 Å². The van der Waals surface area contributed by atoms with Gasteiger partial charge in [-0.2, -0.15) is 0 Å². The number of hydrogen-bond donors (Lipinski definition) is 0. The van der Waals surface area contributed by atoms with Gasteiger partial charge < -0.3 is 0 Å². The lowest BCUT2D eigenvalue weighted by atomic mass is 9.93. The predicted molar refractivity (Wildman–Crippen MR) is 84.5 cm³/mol. The van der Waals surface area contributed by atoms with E-state index in [1.54, 1.807) is 6.08 Å². The molecule has 0 saturated carbocycles. The van der Waals surface area contributed by atoms with Gasteiger partial charge in [0.05, 0.1) is 0 Å². The molecule has 1 atom stereocenters. The van der Waals surface area contributed by atoms with Gasteiger partial charge in [0.15, 0.2) is 5.78 Å². The van der Waals surface area contributed by atoms with E-state index in [2.05, 4.69) is 6.58 Å². The highest BCUT2D eigenvalue weighted by atomic mass is 16.1. The first-order valence-corrected chi connectivity index (χ1v) is 6.73. The molecule has 0 aliphatic heterocycles. The molecule has 2 aromatic rings. The molecule has 100 valence electrons. The number of hydrogen-bond acceptors (Lipinski definition) is 1. The first kappa shape index (κ1) is 14.0. The van der Waals surface area contributed by atoms with Crippen LogP contribution in [0.4, 0.5) is 0 Å². The maximum Gasteiger partial charge on any atom is 0.156 e. The fourth-order valence-electron chi connectivity index (χ4n) is 2.08. The molecule has 0 unspecified atom stereocenters. The molecule has 0 N–H and O–H groups in total. The summed E-state index contributed by atoms with van der Waals surface area (Å²) in [6, 6.07) is 19.8. The quantitative estimate of drug-likeness (QED) is 0.548. The highest BCUT2D eigenvalue weighted by Gasteiger charge is 2.10. The third-order valence-corrected chi connectivity index (χ3v) is 3.19. The van der Waals surface area contributed by atoms with Gasteiger partial charge in [0.1, 0.15) is 0 Å². The van der Waals surface area contributed by atoms with Crippen molar-refractivity contribution in [3.05, 3.63) is 90.5 Å². The lowest BCUT2D eigenvalue weighted by molar-refractivity contribution is -0.114. The Balaban J connectivity index is 2.00. The molecule has 0 saturated heterocycles. The Morgan fingerprint density at radius 1 is 1.00 bits per heavy atom. The standard InChI is InChI=1S/C19H18O/c1-2-17(18-11-7-4-8-12-18)15-19(20)14-13-16-9-5-3-6-10-16/h2-14,17H,1,15H2/b14-13+/t17-/m0/s1. The van der Waals surface area contributed by atoms with Gasteiger partial charge in [-0.3, -0.25) is 4.79 Å². The van der Waals surface area contributed by atoms with E-state index in [-0.39, 0.29) is 11.7 Å². The Bertz CT molecular complexity index is 582. The van der Waals surface area contributed by atoms with Crippen molar-refractivity contribution in [1.29, 1.82) is 0 Å². The third kappa shape index (κ3) is 4.06. The van der Waals surface area contributed by atoms with Gasteiger partial charge in [0.25, 0.3) is 0 Å². The van der Waals surface area contributed by atoms with Gasteiger partial charge in [-0.1, -0.05) is 72.8 Å². The number of benzene rings is 2. The zero-order chi connectivity index (χ0) is 14.2.